The molecule has 1 aliphatic heterocycles. The number of halogens is 3. The number of nitriles is 1. The van der Waals surface area contributed by atoms with Crippen LogP contribution in [-0.4, -0.2) is 47.7 Å². The van der Waals surface area contributed by atoms with Gasteiger partial charge in [-0.05, 0) is 61.6 Å². The summed E-state index contributed by atoms with van der Waals surface area (Å²) in [5, 5.41) is 15.5. The maximum absolute atomic E-state index is 14.8. The van der Waals surface area contributed by atoms with Crippen molar-refractivity contribution in [3.63, 3.8) is 0 Å². The van der Waals surface area contributed by atoms with Crippen LogP contribution in [0.1, 0.15) is 50.5 Å². The first-order valence-corrected chi connectivity index (χ1v) is 11.2. The van der Waals surface area contributed by atoms with Gasteiger partial charge in [0.2, 0.25) is 5.91 Å². The standard InChI is InChI=1S/C23H27F3N4O3/c24-17-4-2-16(3-5-17)12-23(25,26)13-18(19(31)29-22(14-27)9-10-22)28-20(32)33-30-11-1-6-21(15-30)7-8-21/h2-5,18H,1,6-13,15H2,(H,28,32)(H,29,31)/t18-/m0/s1. The molecule has 2 amide bonds. The van der Waals surface area contributed by atoms with Gasteiger partial charge in [-0.2, -0.15) is 5.26 Å². The molecular formula is C23H27F3N4O3. The SMILES string of the molecule is N#CC1(NC(=O)[C@H](CC(F)(F)Cc2ccc(F)cc2)NC(=O)ON2CCCC3(CC3)C2)CC1. The Kier molecular flexibility index (Phi) is 6.27. The van der Waals surface area contributed by atoms with Gasteiger partial charge in [0.05, 0.1) is 6.07 Å². The molecule has 1 atom stereocenters. The number of carbonyl (C=O) groups is 2. The zero-order valence-electron chi connectivity index (χ0n) is 18.2. The monoisotopic (exact) mass is 464 g/mol. The average molecular weight is 464 g/mol. The quantitative estimate of drug-likeness (QED) is 0.615. The van der Waals surface area contributed by atoms with Crippen LogP contribution in [0.2, 0.25) is 0 Å². The summed E-state index contributed by atoms with van der Waals surface area (Å²) < 4.78 is 42.7. The molecule has 1 saturated heterocycles. The Balaban J connectivity index is 1.40. The van der Waals surface area contributed by atoms with Crippen molar-refractivity contribution in [1.29, 1.82) is 5.26 Å². The largest absolute Gasteiger partial charge is 0.426 e. The van der Waals surface area contributed by atoms with Crippen LogP contribution >= 0.6 is 0 Å². The van der Waals surface area contributed by atoms with E-state index >= 15 is 0 Å². The van der Waals surface area contributed by atoms with Crippen LogP contribution in [0.4, 0.5) is 18.0 Å². The molecule has 1 heterocycles. The molecule has 0 radical (unpaired) electrons. The van der Waals surface area contributed by atoms with Crippen LogP contribution in [0, 0.1) is 22.6 Å². The zero-order chi connectivity index (χ0) is 23.7. The Hall–Kier alpha value is -2.80. The number of hydroxylamine groups is 2. The van der Waals surface area contributed by atoms with E-state index in [-0.39, 0.29) is 11.0 Å². The highest BCUT2D eigenvalue weighted by Gasteiger charge is 2.48. The van der Waals surface area contributed by atoms with Gasteiger partial charge >= 0.3 is 6.09 Å². The fraction of sp³-hybridized carbons (Fsp3) is 0.609. The molecule has 2 saturated carbocycles. The summed E-state index contributed by atoms with van der Waals surface area (Å²) in [4.78, 5) is 30.5. The molecule has 33 heavy (non-hydrogen) atoms. The lowest BCUT2D eigenvalue weighted by atomic mass is 9.97. The summed E-state index contributed by atoms with van der Waals surface area (Å²) >= 11 is 0. The van der Waals surface area contributed by atoms with E-state index in [2.05, 4.69) is 10.6 Å². The van der Waals surface area contributed by atoms with Crippen molar-refractivity contribution in [2.45, 2.75) is 68.9 Å². The maximum Gasteiger partial charge on any atom is 0.426 e. The molecular weight excluding hydrogens is 437 g/mol. The highest BCUT2D eigenvalue weighted by Crippen LogP contribution is 2.52. The third kappa shape index (κ3) is 6.16. The predicted octanol–water partition coefficient (Wildman–Crippen LogP) is 3.45. The van der Waals surface area contributed by atoms with Gasteiger partial charge in [0.1, 0.15) is 17.4 Å². The van der Waals surface area contributed by atoms with Crippen LogP contribution in [0.25, 0.3) is 0 Å². The fourth-order valence-corrected chi connectivity index (χ4v) is 4.30. The summed E-state index contributed by atoms with van der Waals surface area (Å²) in [6.07, 6.45) is 2.25. The number of piperidine rings is 1. The fourth-order valence-electron chi connectivity index (χ4n) is 4.30. The van der Waals surface area contributed by atoms with Gasteiger partial charge in [0.15, 0.2) is 0 Å². The van der Waals surface area contributed by atoms with Crippen molar-refractivity contribution in [3.8, 4) is 6.07 Å². The molecule has 3 fully saturated rings. The second kappa shape index (κ2) is 8.86. The highest BCUT2D eigenvalue weighted by atomic mass is 19.3. The predicted molar refractivity (Wildman–Crippen MR) is 111 cm³/mol. The Morgan fingerprint density at radius 3 is 2.48 bits per heavy atom. The maximum atomic E-state index is 14.8. The number of hydrogen-bond donors (Lipinski definition) is 2. The summed E-state index contributed by atoms with van der Waals surface area (Å²) in [6.45, 7) is 1.14. The van der Waals surface area contributed by atoms with Gasteiger partial charge in [-0.25, -0.2) is 18.0 Å². The van der Waals surface area contributed by atoms with Crippen molar-refractivity contribution in [1.82, 2.24) is 15.7 Å². The molecule has 0 unspecified atom stereocenters. The summed E-state index contributed by atoms with van der Waals surface area (Å²) in [5.41, 5.74) is -0.692. The van der Waals surface area contributed by atoms with Crippen molar-refractivity contribution >= 4 is 12.0 Å². The van der Waals surface area contributed by atoms with E-state index < -0.39 is 48.2 Å². The van der Waals surface area contributed by atoms with E-state index in [1.807, 2.05) is 6.07 Å². The Labute approximate surface area is 190 Å². The van der Waals surface area contributed by atoms with Crippen molar-refractivity contribution < 1.29 is 27.6 Å². The number of nitrogens with one attached hydrogen (secondary N) is 2. The van der Waals surface area contributed by atoms with Crippen LogP contribution in [0.5, 0.6) is 0 Å². The van der Waals surface area contributed by atoms with E-state index in [0.29, 0.717) is 25.9 Å². The summed E-state index contributed by atoms with van der Waals surface area (Å²) in [5.74, 6) is -4.78. The Morgan fingerprint density at radius 1 is 1.18 bits per heavy atom. The smallest absolute Gasteiger partial charge is 0.351 e. The number of benzene rings is 1. The number of nitrogens with zero attached hydrogens (tertiary/aromatic N) is 2. The second-order valence-electron chi connectivity index (χ2n) is 9.59. The molecule has 10 heteroatoms. The molecule has 0 bridgehead atoms. The molecule has 3 aliphatic rings. The first-order chi connectivity index (χ1) is 15.6. The van der Waals surface area contributed by atoms with E-state index in [0.717, 1.165) is 37.8 Å². The van der Waals surface area contributed by atoms with Gasteiger partial charge in [-0.15, -0.1) is 5.06 Å². The molecule has 2 aliphatic carbocycles. The lowest BCUT2D eigenvalue weighted by Crippen LogP contribution is -2.53. The number of hydrogen-bond acceptors (Lipinski definition) is 5. The third-order valence-corrected chi connectivity index (χ3v) is 6.61. The Bertz CT molecular complexity index is 939. The van der Waals surface area contributed by atoms with Gasteiger partial charge < -0.3 is 15.5 Å². The topological polar surface area (TPSA) is 94.5 Å². The Morgan fingerprint density at radius 2 is 1.88 bits per heavy atom. The normalized spacial score (nSPS) is 21.5. The van der Waals surface area contributed by atoms with Crippen LogP contribution < -0.4 is 10.6 Å². The number of amides is 2. The van der Waals surface area contributed by atoms with E-state index in [4.69, 9.17) is 4.84 Å². The van der Waals surface area contributed by atoms with Gasteiger partial charge in [0, 0.05) is 25.9 Å². The van der Waals surface area contributed by atoms with Crippen molar-refractivity contribution in [2.75, 3.05) is 13.1 Å². The van der Waals surface area contributed by atoms with Gasteiger partial charge in [0.25, 0.3) is 5.92 Å². The van der Waals surface area contributed by atoms with Gasteiger partial charge in [-0.3, -0.25) is 4.79 Å². The minimum absolute atomic E-state index is 0.183. The van der Waals surface area contributed by atoms with Crippen LogP contribution in [-0.2, 0) is 16.1 Å². The molecule has 178 valence electrons. The van der Waals surface area contributed by atoms with Crippen LogP contribution in [0.3, 0.4) is 0 Å². The summed E-state index contributed by atoms with van der Waals surface area (Å²) in [6, 6.07) is 5.04. The van der Waals surface area contributed by atoms with Crippen molar-refractivity contribution in [3.05, 3.63) is 35.6 Å². The molecule has 4 rings (SSSR count). The zero-order valence-corrected chi connectivity index (χ0v) is 18.2. The summed E-state index contributed by atoms with van der Waals surface area (Å²) in [7, 11) is 0. The van der Waals surface area contributed by atoms with Crippen LogP contribution in [0.15, 0.2) is 24.3 Å². The number of alkyl halides is 2. The third-order valence-electron chi connectivity index (χ3n) is 6.61. The molecule has 0 aromatic heterocycles. The molecule has 1 aromatic rings. The molecule has 1 spiro atoms. The highest BCUT2D eigenvalue weighted by molar-refractivity contribution is 5.86. The van der Waals surface area contributed by atoms with E-state index in [1.54, 1.807) is 0 Å². The van der Waals surface area contributed by atoms with E-state index in [1.165, 1.54) is 17.2 Å². The lowest BCUT2D eigenvalue weighted by molar-refractivity contribution is -0.134. The molecule has 7 nitrogen and oxygen atoms in total. The lowest BCUT2D eigenvalue weighted by Gasteiger charge is -2.32. The average Bonchev–Trinajstić information content (AvgIpc) is 3.68. The molecule has 2 N–H and O–H groups in total. The first-order valence-electron chi connectivity index (χ1n) is 11.2. The minimum atomic E-state index is -3.38. The number of rotatable bonds is 8. The second-order valence-corrected chi connectivity index (χ2v) is 9.59. The van der Waals surface area contributed by atoms with Gasteiger partial charge in [-0.1, -0.05) is 12.1 Å². The number of carbonyl (C=O) groups excluding carboxylic acids is 2. The van der Waals surface area contributed by atoms with E-state index in [9.17, 15) is 28.0 Å². The minimum Gasteiger partial charge on any atom is -0.351 e. The first kappa shape index (κ1) is 23.4. The van der Waals surface area contributed by atoms with Crippen molar-refractivity contribution in [2.24, 2.45) is 5.41 Å². The molecule has 1 aromatic carbocycles.